The Hall–Kier alpha value is -1.25. The highest BCUT2D eigenvalue weighted by Crippen LogP contribution is 2.21. The van der Waals surface area contributed by atoms with Crippen molar-refractivity contribution in [3.63, 3.8) is 0 Å². The van der Waals surface area contributed by atoms with Gasteiger partial charge in [-0.1, -0.05) is 38.2 Å². The molecule has 0 aromatic carbocycles. The van der Waals surface area contributed by atoms with E-state index in [9.17, 15) is 9.90 Å². The van der Waals surface area contributed by atoms with E-state index in [1.165, 1.54) is 11.0 Å². The Morgan fingerprint density at radius 3 is 2.83 bits per heavy atom. The van der Waals surface area contributed by atoms with Crippen LogP contribution in [-0.4, -0.2) is 49.5 Å². The molecule has 0 aliphatic carbocycles. The van der Waals surface area contributed by atoms with Gasteiger partial charge >= 0.3 is 6.09 Å². The summed E-state index contributed by atoms with van der Waals surface area (Å²) in [6.45, 7) is 10.7. The lowest BCUT2D eigenvalue weighted by Gasteiger charge is -2.18. The number of aliphatic hydroxyl groups is 1. The van der Waals surface area contributed by atoms with E-state index in [0.29, 0.717) is 13.0 Å². The molecule has 1 N–H and O–H groups in total. The summed E-state index contributed by atoms with van der Waals surface area (Å²) in [5, 5.41) is 10.3. The van der Waals surface area contributed by atoms with Crippen LogP contribution >= 0.6 is 0 Å². The molecule has 0 spiro atoms. The average Bonchev–Trinajstić information content (AvgIpc) is 2.66. The molecule has 0 radical (unpaired) electrons. The van der Waals surface area contributed by atoms with E-state index in [4.69, 9.17) is 4.74 Å². The molecule has 0 bridgehead atoms. The summed E-state index contributed by atoms with van der Waals surface area (Å²) in [7, 11) is -1.51. The summed E-state index contributed by atoms with van der Waals surface area (Å²) in [5.74, 6) is 2.94. The van der Waals surface area contributed by atoms with E-state index < -0.39 is 19.8 Å². The quantitative estimate of drug-likeness (QED) is 0.470. The number of β-amino-alcohol motifs (C(OH)–C–C–N with tert-alkyl or cyclic N) is 1. The number of ether oxygens (including phenoxy) is 1. The molecule has 100 valence electrons. The highest BCUT2D eigenvalue weighted by molar-refractivity contribution is 6.83. The minimum atomic E-state index is -1.51. The van der Waals surface area contributed by atoms with Crippen LogP contribution in [0.1, 0.15) is 6.42 Å². The lowest BCUT2D eigenvalue weighted by molar-refractivity contribution is 0.0906. The first kappa shape index (κ1) is 14.8. The van der Waals surface area contributed by atoms with Gasteiger partial charge in [0.25, 0.3) is 0 Å². The molecule has 1 saturated heterocycles. The summed E-state index contributed by atoms with van der Waals surface area (Å²) < 4.78 is 4.93. The van der Waals surface area contributed by atoms with Crippen molar-refractivity contribution in [1.82, 2.24) is 4.90 Å². The minimum absolute atomic E-state index is 0.189. The third-order valence-corrected chi connectivity index (χ3v) is 3.38. The third-order valence-electron chi connectivity index (χ3n) is 2.50. The number of amides is 1. The molecule has 1 fully saturated rings. The molecule has 0 aromatic rings. The molecule has 1 aliphatic rings. The highest BCUT2D eigenvalue weighted by atomic mass is 28.3. The maximum atomic E-state index is 11.6. The first-order chi connectivity index (χ1) is 8.26. The Labute approximate surface area is 110 Å². The smallest absolute Gasteiger partial charge is 0.410 e. The van der Waals surface area contributed by atoms with Crippen molar-refractivity contribution in [3.8, 4) is 11.5 Å². The van der Waals surface area contributed by atoms with Gasteiger partial charge in [-0.05, 0) is 0 Å². The van der Waals surface area contributed by atoms with Gasteiger partial charge in [-0.25, -0.2) is 4.79 Å². The van der Waals surface area contributed by atoms with Gasteiger partial charge in [-0.15, -0.1) is 5.54 Å². The monoisotopic (exact) mass is 267 g/mol. The zero-order valence-electron chi connectivity index (χ0n) is 11.3. The average molecular weight is 267 g/mol. The van der Waals surface area contributed by atoms with Crippen molar-refractivity contribution in [2.45, 2.75) is 31.7 Å². The van der Waals surface area contributed by atoms with Gasteiger partial charge in [-0.2, -0.15) is 0 Å². The van der Waals surface area contributed by atoms with E-state index in [-0.39, 0.29) is 13.2 Å². The molecule has 1 aliphatic heterocycles. The number of hydrogen-bond donors (Lipinski definition) is 1. The van der Waals surface area contributed by atoms with Crippen molar-refractivity contribution in [1.29, 1.82) is 0 Å². The lowest BCUT2D eigenvalue weighted by atomic mass is 10.1. The standard InChI is InChI=1S/C13H21NO3Si/c1-5-9-17-12(15)14-8-6-13(16,11-14)7-10-18(2,3)4/h5,16H,1,6,8-9,11H2,2-4H3. The van der Waals surface area contributed by atoms with Crippen LogP contribution in [0.5, 0.6) is 0 Å². The number of likely N-dealkylation sites (tertiary alicyclic amines) is 1. The molecule has 18 heavy (non-hydrogen) atoms. The van der Waals surface area contributed by atoms with Crippen LogP contribution < -0.4 is 0 Å². The zero-order chi connectivity index (χ0) is 13.8. The van der Waals surface area contributed by atoms with Crippen LogP contribution in [0.2, 0.25) is 19.6 Å². The Morgan fingerprint density at radius 2 is 2.28 bits per heavy atom. The van der Waals surface area contributed by atoms with E-state index >= 15 is 0 Å². The number of rotatable bonds is 2. The van der Waals surface area contributed by atoms with Crippen LogP contribution in [0.4, 0.5) is 4.79 Å². The van der Waals surface area contributed by atoms with Crippen LogP contribution in [-0.2, 0) is 4.74 Å². The van der Waals surface area contributed by atoms with Gasteiger partial charge in [0.15, 0.2) is 0 Å². The Balaban J connectivity index is 2.61. The minimum Gasteiger partial charge on any atom is -0.445 e. The SMILES string of the molecule is C=CCOC(=O)N1CCC(O)(C#C[Si](C)(C)C)C1. The summed E-state index contributed by atoms with van der Waals surface area (Å²) in [5.41, 5.74) is 2.07. The van der Waals surface area contributed by atoms with Gasteiger partial charge < -0.3 is 14.7 Å². The largest absolute Gasteiger partial charge is 0.445 e. The van der Waals surface area contributed by atoms with Crippen molar-refractivity contribution in [2.24, 2.45) is 0 Å². The molecular formula is C13H21NO3Si. The van der Waals surface area contributed by atoms with Gasteiger partial charge in [0, 0.05) is 13.0 Å². The number of carbonyl (C=O) groups excluding carboxylic acids is 1. The summed E-state index contributed by atoms with van der Waals surface area (Å²) >= 11 is 0. The molecule has 1 unspecified atom stereocenters. The van der Waals surface area contributed by atoms with Crippen molar-refractivity contribution in [2.75, 3.05) is 19.7 Å². The summed E-state index contributed by atoms with van der Waals surface area (Å²) in [6.07, 6.45) is 1.58. The fourth-order valence-corrected chi connectivity index (χ4v) is 2.18. The highest BCUT2D eigenvalue weighted by Gasteiger charge is 2.37. The fraction of sp³-hybridized carbons (Fsp3) is 0.615. The Bertz CT molecular complexity index is 391. The zero-order valence-corrected chi connectivity index (χ0v) is 12.3. The molecule has 1 atom stereocenters. The summed E-state index contributed by atoms with van der Waals surface area (Å²) in [4.78, 5) is 13.1. The van der Waals surface area contributed by atoms with Crippen LogP contribution in [0.3, 0.4) is 0 Å². The molecular weight excluding hydrogens is 246 g/mol. The first-order valence-corrected chi connectivity index (χ1v) is 9.55. The van der Waals surface area contributed by atoms with E-state index in [1.54, 1.807) is 0 Å². The molecule has 1 heterocycles. The second-order valence-electron chi connectivity index (χ2n) is 5.57. The Morgan fingerprint density at radius 1 is 1.61 bits per heavy atom. The van der Waals surface area contributed by atoms with Crippen molar-refractivity contribution in [3.05, 3.63) is 12.7 Å². The molecule has 4 nitrogen and oxygen atoms in total. The van der Waals surface area contributed by atoms with E-state index in [1.807, 2.05) is 0 Å². The second kappa shape index (κ2) is 5.59. The normalized spacial score (nSPS) is 23.2. The Kier molecular flexibility index (Phi) is 4.60. The predicted molar refractivity (Wildman–Crippen MR) is 73.8 cm³/mol. The molecule has 0 saturated carbocycles. The van der Waals surface area contributed by atoms with Crippen LogP contribution in [0.25, 0.3) is 0 Å². The molecule has 1 amide bonds. The van der Waals surface area contributed by atoms with Crippen molar-refractivity contribution < 1.29 is 14.6 Å². The van der Waals surface area contributed by atoms with Gasteiger partial charge in [0.2, 0.25) is 0 Å². The second-order valence-corrected chi connectivity index (χ2v) is 10.3. The van der Waals surface area contributed by atoms with Gasteiger partial charge in [0.1, 0.15) is 20.3 Å². The van der Waals surface area contributed by atoms with Crippen LogP contribution in [0.15, 0.2) is 12.7 Å². The fourth-order valence-electron chi connectivity index (χ4n) is 1.58. The van der Waals surface area contributed by atoms with Crippen molar-refractivity contribution >= 4 is 14.2 Å². The predicted octanol–water partition coefficient (Wildman–Crippen LogP) is 1.63. The molecule has 0 aromatic heterocycles. The topological polar surface area (TPSA) is 49.8 Å². The third kappa shape index (κ3) is 4.55. The first-order valence-electron chi connectivity index (χ1n) is 6.05. The number of hydrogen-bond acceptors (Lipinski definition) is 3. The maximum absolute atomic E-state index is 11.6. The lowest BCUT2D eigenvalue weighted by Crippen LogP contribution is -2.36. The summed E-state index contributed by atoms with van der Waals surface area (Å²) in [6, 6.07) is 0. The van der Waals surface area contributed by atoms with E-state index in [0.717, 1.165) is 0 Å². The van der Waals surface area contributed by atoms with E-state index in [2.05, 4.69) is 37.7 Å². The van der Waals surface area contributed by atoms with Gasteiger partial charge in [0.05, 0.1) is 6.54 Å². The molecule has 5 heteroatoms. The molecule has 1 rings (SSSR count). The number of nitrogens with zero attached hydrogens (tertiary/aromatic N) is 1. The maximum Gasteiger partial charge on any atom is 0.410 e. The van der Waals surface area contributed by atoms with Gasteiger partial charge in [-0.3, -0.25) is 0 Å². The number of carbonyl (C=O) groups is 1. The van der Waals surface area contributed by atoms with Crippen LogP contribution in [0, 0.1) is 11.5 Å².